The molecule has 0 aliphatic heterocycles. The number of aromatic nitrogens is 1. The number of ether oxygens (including phenoxy) is 1. The van der Waals surface area contributed by atoms with Crippen LogP contribution in [0.5, 0.6) is 0 Å². The first-order chi connectivity index (χ1) is 8.62. The summed E-state index contributed by atoms with van der Waals surface area (Å²) in [5.74, 6) is 0.282. The third-order valence-corrected chi connectivity index (χ3v) is 3.56. The average Bonchev–Trinajstić information content (AvgIpc) is 2.87. The van der Waals surface area contributed by atoms with E-state index in [9.17, 15) is 4.79 Å². The predicted octanol–water partition coefficient (Wildman–Crippen LogP) is 2.09. The number of hydrogen-bond donors (Lipinski definition) is 1. The molecule has 0 aromatic carbocycles. The highest BCUT2D eigenvalue weighted by molar-refractivity contribution is 7.99. The Morgan fingerprint density at radius 1 is 1.61 bits per heavy atom. The average molecular weight is 272 g/mol. The van der Waals surface area contributed by atoms with Crippen molar-refractivity contribution in [1.82, 2.24) is 10.3 Å². The quantitative estimate of drug-likeness (QED) is 0.577. The maximum Gasteiger partial charge on any atom is 0.326 e. The number of oxazole rings is 1. The molecule has 0 fully saturated rings. The molecule has 0 bridgehead atoms. The molecule has 0 saturated carbocycles. The summed E-state index contributed by atoms with van der Waals surface area (Å²) >= 11 is 1.40. The van der Waals surface area contributed by atoms with Crippen LogP contribution < -0.4 is 5.32 Å². The molecule has 0 aliphatic rings. The third-order valence-electron chi connectivity index (χ3n) is 2.39. The molecule has 18 heavy (non-hydrogen) atoms. The molecule has 0 saturated heterocycles. The second-order valence-corrected chi connectivity index (χ2v) is 4.99. The first-order valence-corrected chi connectivity index (χ1v) is 7.05. The lowest BCUT2D eigenvalue weighted by Gasteiger charge is -2.27. The van der Waals surface area contributed by atoms with E-state index in [1.807, 2.05) is 6.92 Å². The van der Waals surface area contributed by atoms with Crippen molar-refractivity contribution in [3.8, 4) is 0 Å². The van der Waals surface area contributed by atoms with Crippen molar-refractivity contribution in [2.24, 2.45) is 0 Å². The largest absolute Gasteiger partial charge is 0.465 e. The summed E-state index contributed by atoms with van der Waals surface area (Å²) in [6.45, 7) is 6.85. The molecule has 1 aromatic heterocycles. The number of nitrogens with one attached hydrogen (secondary N) is 1. The molecule has 1 heterocycles. The predicted molar refractivity (Wildman–Crippen MR) is 70.6 cm³/mol. The summed E-state index contributed by atoms with van der Waals surface area (Å²) < 4.78 is 10.3. The Morgan fingerprint density at radius 3 is 2.94 bits per heavy atom. The molecule has 1 atom stereocenters. The molecule has 0 amide bonds. The van der Waals surface area contributed by atoms with Gasteiger partial charge in [0.05, 0.1) is 12.8 Å². The fourth-order valence-electron chi connectivity index (χ4n) is 1.36. The number of carbonyl (C=O) groups is 1. The van der Waals surface area contributed by atoms with E-state index in [0.29, 0.717) is 17.6 Å². The molecule has 0 spiro atoms. The van der Waals surface area contributed by atoms with Gasteiger partial charge in [0.1, 0.15) is 11.8 Å². The van der Waals surface area contributed by atoms with Crippen molar-refractivity contribution in [2.75, 3.05) is 18.9 Å². The number of esters is 1. The fraction of sp³-hybridized carbons (Fsp3) is 0.667. The van der Waals surface area contributed by atoms with E-state index in [1.165, 1.54) is 18.0 Å². The maximum atomic E-state index is 12.0. The van der Waals surface area contributed by atoms with Crippen molar-refractivity contribution in [3.63, 3.8) is 0 Å². The Hall–Kier alpha value is -1.01. The lowest BCUT2D eigenvalue weighted by atomic mass is 10.1. The van der Waals surface area contributed by atoms with Crippen molar-refractivity contribution in [2.45, 2.75) is 38.0 Å². The normalized spacial score (nSPS) is 14.2. The third kappa shape index (κ3) is 4.34. The minimum absolute atomic E-state index is 0.238. The molecule has 1 unspecified atom stereocenters. The van der Waals surface area contributed by atoms with Gasteiger partial charge < -0.3 is 14.5 Å². The zero-order valence-electron chi connectivity index (χ0n) is 11.1. The smallest absolute Gasteiger partial charge is 0.326 e. The topological polar surface area (TPSA) is 64.4 Å². The highest BCUT2D eigenvalue weighted by Gasteiger charge is 2.34. The van der Waals surface area contributed by atoms with Crippen molar-refractivity contribution >= 4 is 17.7 Å². The van der Waals surface area contributed by atoms with Gasteiger partial charge >= 0.3 is 5.97 Å². The zero-order chi connectivity index (χ0) is 13.4. The lowest BCUT2D eigenvalue weighted by molar-refractivity contribution is -0.149. The number of hydrogen-bond acceptors (Lipinski definition) is 6. The molecule has 0 aliphatic carbocycles. The summed E-state index contributed by atoms with van der Waals surface area (Å²) in [7, 11) is 0. The Balaban J connectivity index is 2.61. The van der Waals surface area contributed by atoms with Crippen LogP contribution in [0.2, 0.25) is 0 Å². The first kappa shape index (κ1) is 15.0. The van der Waals surface area contributed by atoms with Gasteiger partial charge in [0.25, 0.3) is 5.22 Å². The number of rotatable bonds is 8. The summed E-state index contributed by atoms with van der Waals surface area (Å²) in [4.78, 5) is 16.0. The summed E-state index contributed by atoms with van der Waals surface area (Å²) in [5.41, 5.74) is -0.717. The van der Waals surface area contributed by atoms with E-state index in [2.05, 4.69) is 17.2 Å². The van der Waals surface area contributed by atoms with Gasteiger partial charge in [-0.3, -0.25) is 4.79 Å². The van der Waals surface area contributed by atoms with Crippen LogP contribution in [0.4, 0.5) is 0 Å². The van der Waals surface area contributed by atoms with Gasteiger partial charge in [-0.2, -0.15) is 0 Å². The van der Waals surface area contributed by atoms with Gasteiger partial charge in [-0.15, -0.1) is 0 Å². The van der Waals surface area contributed by atoms with E-state index >= 15 is 0 Å². The molecule has 6 heteroatoms. The summed E-state index contributed by atoms with van der Waals surface area (Å²) in [5, 5.41) is 3.79. The van der Waals surface area contributed by atoms with Crippen LogP contribution in [-0.4, -0.2) is 35.4 Å². The Morgan fingerprint density at radius 2 is 2.39 bits per heavy atom. The summed E-state index contributed by atoms with van der Waals surface area (Å²) in [6.07, 6.45) is 4.06. The Bertz CT molecular complexity index is 356. The van der Waals surface area contributed by atoms with Gasteiger partial charge in [0.2, 0.25) is 0 Å². The second kappa shape index (κ2) is 7.43. The maximum absolute atomic E-state index is 12.0. The molecular weight excluding hydrogens is 252 g/mol. The van der Waals surface area contributed by atoms with Gasteiger partial charge in [0, 0.05) is 5.75 Å². The SMILES string of the molecule is CCCNC(C)(CSc1ncco1)C(=O)OCC. The number of nitrogens with zero attached hydrogens (tertiary/aromatic N) is 1. The Kier molecular flexibility index (Phi) is 6.21. The molecule has 1 aromatic rings. The first-order valence-electron chi connectivity index (χ1n) is 6.07. The van der Waals surface area contributed by atoms with Crippen molar-refractivity contribution in [1.29, 1.82) is 0 Å². The van der Waals surface area contributed by atoms with Crippen LogP contribution in [0.1, 0.15) is 27.2 Å². The van der Waals surface area contributed by atoms with E-state index < -0.39 is 5.54 Å². The van der Waals surface area contributed by atoms with Crippen molar-refractivity contribution < 1.29 is 13.9 Å². The second-order valence-electron chi connectivity index (χ2n) is 4.07. The Labute approximate surface area is 112 Å². The van der Waals surface area contributed by atoms with E-state index in [0.717, 1.165) is 13.0 Å². The van der Waals surface area contributed by atoms with Crippen LogP contribution in [0.25, 0.3) is 0 Å². The molecule has 5 nitrogen and oxygen atoms in total. The monoisotopic (exact) mass is 272 g/mol. The molecular formula is C12H20N2O3S. The van der Waals surface area contributed by atoms with Crippen molar-refractivity contribution in [3.05, 3.63) is 12.5 Å². The van der Waals surface area contributed by atoms with E-state index in [1.54, 1.807) is 13.1 Å². The number of thioether (sulfide) groups is 1. The van der Waals surface area contributed by atoms with Crippen LogP contribution >= 0.6 is 11.8 Å². The molecule has 0 radical (unpaired) electrons. The number of carbonyl (C=O) groups excluding carboxylic acids is 1. The van der Waals surface area contributed by atoms with Crippen LogP contribution in [-0.2, 0) is 9.53 Å². The minimum atomic E-state index is -0.717. The van der Waals surface area contributed by atoms with Gasteiger partial charge in [-0.25, -0.2) is 4.98 Å². The minimum Gasteiger partial charge on any atom is -0.465 e. The van der Waals surface area contributed by atoms with E-state index in [-0.39, 0.29) is 5.97 Å². The lowest BCUT2D eigenvalue weighted by Crippen LogP contribution is -2.52. The highest BCUT2D eigenvalue weighted by atomic mass is 32.2. The standard InChI is InChI=1S/C12H20N2O3S/c1-4-6-14-12(3,10(15)16-5-2)9-18-11-13-7-8-17-11/h7-8,14H,4-6,9H2,1-3H3. The summed E-state index contributed by atoms with van der Waals surface area (Å²) in [6, 6.07) is 0. The molecule has 102 valence electrons. The van der Waals surface area contributed by atoms with E-state index in [4.69, 9.17) is 9.15 Å². The van der Waals surface area contributed by atoms with Crippen LogP contribution in [0.3, 0.4) is 0 Å². The van der Waals surface area contributed by atoms with Gasteiger partial charge in [0.15, 0.2) is 0 Å². The van der Waals surface area contributed by atoms with Gasteiger partial charge in [-0.05, 0) is 26.8 Å². The van der Waals surface area contributed by atoms with Crippen LogP contribution in [0, 0.1) is 0 Å². The highest BCUT2D eigenvalue weighted by Crippen LogP contribution is 2.22. The van der Waals surface area contributed by atoms with Gasteiger partial charge in [-0.1, -0.05) is 18.7 Å². The molecule has 1 N–H and O–H groups in total. The molecule has 1 rings (SSSR count). The fourth-order valence-corrected chi connectivity index (χ4v) is 2.25. The zero-order valence-corrected chi connectivity index (χ0v) is 11.9. The van der Waals surface area contributed by atoms with Crippen LogP contribution in [0.15, 0.2) is 22.1 Å².